The molecule has 0 aromatic carbocycles. The Kier molecular flexibility index (Phi) is 32.7. The van der Waals surface area contributed by atoms with E-state index < -0.39 is 0 Å². The van der Waals surface area contributed by atoms with E-state index in [2.05, 4.69) is 26.0 Å². The minimum absolute atomic E-state index is 0.137. The van der Waals surface area contributed by atoms with Gasteiger partial charge in [-0.05, 0) is 38.5 Å². The standard InChI is InChI=1S/C36H72N2O/c1-3-5-7-9-11-13-15-17-19-20-22-24-26-28-30-32-34-38(36(39)35-37)33-31-29-27-25-23-21-18-16-14-12-10-8-6-4-2/h17,19H,3-16,18,20-35,37H2,1-2H3/b19-17-. The van der Waals surface area contributed by atoms with Crippen molar-refractivity contribution in [2.45, 2.75) is 194 Å². The number of rotatable bonds is 32. The molecule has 0 unspecified atom stereocenters. The topological polar surface area (TPSA) is 46.3 Å². The number of unbranched alkanes of at least 4 members (excludes halogenated alkanes) is 25. The minimum Gasteiger partial charge on any atom is -0.342 e. The average molecular weight is 549 g/mol. The van der Waals surface area contributed by atoms with Crippen LogP contribution in [0.2, 0.25) is 0 Å². The van der Waals surface area contributed by atoms with E-state index in [0.717, 1.165) is 25.9 Å². The second-order valence-corrected chi connectivity index (χ2v) is 12.1. The average Bonchev–Trinajstić information content (AvgIpc) is 2.95. The molecule has 39 heavy (non-hydrogen) atoms. The summed E-state index contributed by atoms with van der Waals surface area (Å²) in [6.45, 7) is 6.53. The van der Waals surface area contributed by atoms with Crippen molar-refractivity contribution in [3.8, 4) is 0 Å². The molecule has 0 atom stereocenters. The summed E-state index contributed by atoms with van der Waals surface area (Å²) in [5.74, 6) is 0.137. The van der Waals surface area contributed by atoms with Crippen LogP contribution < -0.4 is 5.73 Å². The summed E-state index contributed by atoms with van der Waals surface area (Å²) in [7, 11) is 0. The lowest BCUT2D eigenvalue weighted by molar-refractivity contribution is -0.129. The first-order chi connectivity index (χ1) is 19.3. The fraction of sp³-hybridized carbons (Fsp3) is 0.917. The van der Waals surface area contributed by atoms with Gasteiger partial charge in [0.05, 0.1) is 6.54 Å². The van der Waals surface area contributed by atoms with Gasteiger partial charge in [-0.3, -0.25) is 4.79 Å². The lowest BCUT2D eigenvalue weighted by atomic mass is 10.0. The monoisotopic (exact) mass is 549 g/mol. The Morgan fingerprint density at radius 1 is 0.462 bits per heavy atom. The molecule has 0 heterocycles. The van der Waals surface area contributed by atoms with E-state index in [1.807, 2.05) is 4.90 Å². The number of carbonyl (C=O) groups is 1. The van der Waals surface area contributed by atoms with E-state index in [0.29, 0.717) is 0 Å². The largest absolute Gasteiger partial charge is 0.342 e. The SMILES string of the molecule is CCCCCCCC/C=C\CCCCCCCCN(CCCCCCCCCCCCCCCC)C(=O)CN. The smallest absolute Gasteiger partial charge is 0.236 e. The number of carbonyl (C=O) groups excluding carboxylic acids is 1. The highest BCUT2D eigenvalue weighted by Crippen LogP contribution is 2.14. The van der Waals surface area contributed by atoms with Crippen LogP contribution in [0.25, 0.3) is 0 Å². The van der Waals surface area contributed by atoms with Crippen molar-refractivity contribution in [1.82, 2.24) is 4.90 Å². The lowest BCUT2D eigenvalue weighted by Gasteiger charge is -2.22. The Morgan fingerprint density at radius 2 is 0.744 bits per heavy atom. The molecule has 0 rings (SSSR count). The highest BCUT2D eigenvalue weighted by molar-refractivity contribution is 5.77. The van der Waals surface area contributed by atoms with Gasteiger partial charge in [-0.1, -0.05) is 167 Å². The zero-order chi connectivity index (χ0) is 28.5. The lowest BCUT2D eigenvalue weighted by Crippen LogP contribution is -2.37. The molecule has 0 fully saturated rings. The Balaban J connectivity index is 3.54. The normalized spacial score (nSPS) is 11.6. The fourth-order valence-electron chi connectivity index (χ4n) is 5.54. The van der Waals surface area contributed by atoms with Gasteiger partial charge in [0.25, 0.3) is 0 Å². The predicted molar refractivity (Wildman–Crippen MR) is 175 cm³/mol. The van der Waals surface area contributed by atoms with Gasteiger partial charge in [0.1, 0.15) is 0 Å². The zero-order valence-electron chi connectivity index (χ0n) is 27.0. The molecule has 0 bridgehead atoms. The van der Waals surface area contributed by atoms with Crippen LogP contribution in [-0.4, -0.2) is 30.4 Å². The maximum absolute atomic E-state index is 12.3. The third-order valence-corrected chi connectivity index (χ3v) is 8.25. The molecule has 0 spiro atoms. The zero-order valence-corrected chi connectivity index (χ0v) is 27.0. The van der Waals surface area contributed by atoms with Crippen LogP contribution >= 0.6 is 0 Å². The van der Waals surface area contributed by atoms with Crippen LogP contribution in [0.3, 0.4) is 0 Å². The van der Waals surface area contributed by atoms with Crippen LogP contribution in [0.5, 0.6) is 0 Å². The van der Waals surface area contributed by atoms with Gasteiger partial charge in [-0.2, -0.15) is 0 Å². The third kappa shape index (κ3) is 30.0. The molecule has 3 nitrogen and oxygen atoms in total. The Bertz CT molecular complexity index is 504. The number of amides is 1. The van der Waals surface area contributed by atoms with Gasteiger partial charge in [0.2, 0.25) is 5.91 Å². The van der Waals surface area contributed by atoms with Gasteiger partial charge in [-0.25, -0.2) is 0 Å². The quantitative estimate of drug-likeness (QED) is 0.0671. The van der Waals surface area contributed by atoms with E-state index in [4.69, 9.17) is 5.73 Å². The van der Waals surface area contributed by atoms with E-state index in [-0.39, 0.29) is 12.5 Å². The molecule has 0 saturated carbocycles. The van der Waals surface area contributed by atoms with Gasteiger partial charge in [0, 0.05) is 13.1 Å². The third-order valence-electron chi connectivity index (χ3n) is 8.25. The summed E-state index contributed by atoms with van der Waals surface area (Å²) in [5, 5.41) is 0. The summed E-state index contributed by atoms with van der Waals surface area (Å²) < 4.78 is 0. The molecule has 0 saturated heterocycles. The number of hydrogen-bond donors (Lipinski definition) is 1. The molecular weight excluding hydrogens is 476 g/mol. The summed E-state index contributed by atoms with van der Waals surface area (Å²) in [5.41, 5.74) is 5.69. The fourth-order valence-corrected chi connectivity index (χ4v) is 5.54. The van der Waals surface area contributed by atoms with Crippen LogP contribution in [0, 0.1) is 0 Å². The Hall–Kier alpha value is -0.830. The summed E-state index contributed by atoms with van der Waals surface area (Å²) in [6, 6.07) is 0. The molecule has 0 aliphatic heterocycles. The summed E-state index contributed by atoms with van der Waals surface area (Å²) >= 11 is 0. The Morgan fingerprint density at radius 3 is 1.05 bits per heavy atom. The van der Waals surface area contributed by atoms with E-state index >= 15 is 0 Å². The van der Waals surface area contributed by atoms with Crippen molar-refractivity contribution < 1.29 is 4.79 Å². The van der Waals surface area contributed by atoms with Crippen molar-refractivity contribution in [1.29, 1.82) is 0 Å². The first kappa shape index (κ1) is 38.2. The number of allylic oxidation sites excluding steroid dienone is 2. The van der Waals surface area contributed by atoms with Crippen LogP contribution in [0.4, 0.5) is 0 Å². The van der Waals surface area contributed by atoms with Gasteiger partial charge in [-0.15, -0.1) is 0 Å². The molecule has 0 aliphatic carbocycles. The number of nitrogens with two attached hydrogens (primary N) is 1. The van der Waals surface area contributed by atoms with Gasteiger partial charge >= 0.3 is 0 Å². The highest BCUT2D eigenvalue weighted by Gasteiger charge is 2.10. The van der Waals surface area contributed by atoms with Gasteiger partial charge in [0.15, 0.2) is 0 Å². The summed E-state index contributed by atoms with van der Waals surface area (Å²) in [4.78, 5) is 14.3. The first-order valence-electron chi connectivity index (χ1n) is 17.9. The van der Waals surface area contributed by atoms with E-state index in [9.17, 15) is 4.79 Å². The first-order valence-corrected chi connectivity index (χ1v) is 17.9. The Labute approximate surface area is 246 Å². The van der Waals surface area contributed by atoms with Crippen molar-refractivity contribution in [3.05, 3.63) is 12.2 Å². The highest BCUT2D eigenvalue weighted by atomic mass is 16.2. The summed E-state index contributed by atoms with van der Waals surface area (Å²) in [6.07, 6.45) is 42.5. The maximum atomic E-state index is 12.3. The molecule has 1 amide bonds. The van der Waals surface area contributed by atoms with Crippen molar-refractivity contribution in [3.63, 3.8) is 0 Å². The van der Waals surface area contributed by atoms with Crippen LogP contribution in [0.15, 0.2) is 12.2 Å². The van der Waals surface area contributed by atoms with Crippen molar-refractivity contribution in [2.24, 2.45) is 5.73 Å². The molecule has 0 aromatic heterocycles. The maximum Gasteiger partial charge on any atom is 0.236 e. The second-order valence-electron chi connectivity index (χ2n) is 12.1. The molecular formula is C36H72N2O. The number of nitrogens with zero attached hydrogens (tertiary/aromatic N) is 1. The molecule has 232 valence electrons. The molecule has 0 radical (unpaired) electrons. The molecule has 3 heteroatoms. The second kappa shape index (κ2) is 33.4. The van der Waals surface area contributed by atoms with E-state index in [1.54, 1.807) is 0 Å². The van der Waals surface area contributed by atoms with E-state index in [1.165, 1.54) is 167 Å². The molecule has 0 aliphatic rings. The van der Waals surface area contributed by atoms with Crippen LogP contribution in [0.1, 0.15) is 194 Å². The van der Waals surface area contributed by atoms with Crippen molar-refractivity contribution >= 4 is 5.91 Å². The molecule has 2 N–H and O–H groups in total. The predicted octanol–water partition coefficient (Wildman–Crippen LogP) is 11.3. The number of hydrogen-bond acceptors (Lipinski definition) is 2. The van der Waals surface area contributed by atoms with Gasteiger partial charge < -0.3 is 10.6 Å². The van der Waals surface area contributed by atoms with Crippen LogP contribution in [-0.2, 0) is 4.79 Å². The van der Waals surface area contributed by atoms with Crippen molar-refractivity contribution in [2.75, 3.05) is 19.6 Å². The molecule has 0 aromatic rings. The minimum atomic E-state index is 0.137.